The highest BCUT2D eigenvalue weighted by Gasteiger charge is 2.61. The van der Waals surface area contributed by atoms with Crippen LogP contribution in [0.1, 0.15) is 123 Å². The van der Waals surface area contributed by atoms with E-state index in [1.54, 1.807) is 0 Å². The van der Waals surface area contributed by atoms with Gasteiger partial charge in [0.2, 0.25) is 0 Å². The van der Waals surface area contributed by atoms with Crippen LogP contribution in [-0.4, -0.2) is 29.6 Å². The average molecular weight is 524 g/mol. The first-order chi connectivity index (χ1) is 18.3. The Morgan fingerprint density at radius 1 is 1.03 bits per heavy atom. The zero-order chi connectivity index (χ0) is 26.9. The fourth-order valence-electron chi connectivity index (χ4n) is 9.74. The van der Waals surface area contributed by atoms with Gasteiger partial charge in [-0.15, -0.1) is 0 Å². The van der Waals surface area contributed by atoms with E-state index in [9.17, 15) is 9.90 Å². The first-order valence-electron chi connectivity index (χ1n) is 16.0. The van der Waals surface area contributed by atoms with E-state index in [4.69, 9.17) is 4.74 Å². The van der Waals surface area contributed by atoms with E-state index in [1.807, 2.05) is 0 Å². The lowest BCUT2D eigenvalue weighted by Crippen LogP contribution is -2.55. The first kappa shape index (κ1) is 28.1. The van der Waals surface area contributed by atoms with Gasteiger partial charge in [0.25, 0.3) is 0 Å². The van der Waals surface area contributed by atoms with Crippen LogP contribution in [0.3, 0.4) is 0 Å². The summed E-state index contributed by atoms with van der Waals surface area (Å²) < 4.78 is 6.43. The smallest absolute Gasteiger partial charge is 0.133 e. The number of aliphatic hydroxyl groups excluding tert-OH is 1. The second kappa shape index (κ2) is 11.6. The molecule has 0 aliphatic heterocycles. The van der Waals surface area contributed by atoms with Gasteiger partial charge in [0.1, 0.15) is 11.5 Å². The normalized spacial score (nSPS) is 37.4. The number of fused-ring (bicyclic) bond motifs is 5. The van der Waals surface area contributed by atoms with E-state index < -0.39 is 0 Å². The molecule has 0 aromatic heterocycles. The molecule has 4 aliphatic rings. The zero-order valence-electron chi connectivity index (χ0n) is 24.5. The molecule has 4 saturated carbocycles. The number of hydrogen-bond donors (Lipinski definition) is 2. The molecule has 0 amide bonds. The Bertz CT molecular complexity index is 959. The van der Waals surface area contributed by atoms with Gasteiger partial charge in [-0.2, -0.15) is 0 Å². The molecule has 212 valence electrons. The number of carbonyl (C=O) groups excluding carboxylic acids is 1. The topological polar surface area (TPSA) is 58.6 Å². The van der Waals surface area contributed by atoms with E-state index in [0.29, 0.717) is 47.6 Å². The number of hydrogen-bond acceptors (Lipinski definition) is 4. The van der Waals surface area contributed by atoms with Crippen LogP contribution in [0.15, 0.2) is 24.3 Å². The van der Waals surface area contributed by atoms with Crippen LogP contribution < -0.4 is 10.1 Å². The van der Waals surface area contributed by atoms with Crippen molar-refractivity contribution in [2.24, 2.45) is 34.5 Å². The summed E-state index contributed by atoms with van der Waals surface area (Å²) in [6.45, 7) is 9.96. The van der Waals surface area contributed by atoms with E-state index in [1.165, 1.54) is 24.8 Å². The summed E-state index contributed by atoms with van der Waals surface area (Å²) in [7, 11) is 0. The Morgan fingerprint density at radius 3 is 2.61 bits per heavy atom. The molecule has 4 heteroatoms. The van der Waals surface area contributed by atoms with Gasteiger partial charge < -0.3 is 15.2 Å². The van der Waals surface area contributed by atoms with E-state index in [-0.39, 0.29) is 11.5 Å². The Kier molecular flexibility index (Phi) is 8.60. The third-order valence-corrected chi connectivity index (χ3v) is 12.1. The number of benzene rings is 1. The number of Topliss-reactive ketones (excluding diaryl/α,β-unsaturated/α-hetero) is 1. The minimum atomic E-state index is -0.199. The molecule has 0 bridgehead atoms. The van der Waals surface area contributed by atoms with Gasteiger partial charge in [-0.05, 0) is 117 Å². The average Bonchev–Trinajstić information content (AvgIpc) is 3.26. The predicted octanol–water partition coefficient (Wildman–Crippen LogP) is 7.64. The van der Waals surface area contributed by atoms with E-state index in [2.05, 4.69) is 57.3 Å². The van der Waals surface area contributed by atoms with Crippen LogP contribution in [0.2, 0.25) is 0 Å². The summed E-state index contributed by atoms with van der Waals surface area (Å²) in [6, 6.07) is 9.58. The van der Waals surface area contributed by atoms with Gasteiger partial charge in [-0.3, -0.25) is 4.79 Å². The van der Waals surface area contributed by atoms with Gasteiger partial charge in [0.15, 0.2) is 0 Å². The fourth-order valence-corrected chi connectivity index (χ4v) is 9.74. The summed E-state index contributed by atoms with van der Waals surface area (Å²) >= 11 is 0. The van der Waals surface area contributed by atoms with Crippen molar-refractivity contribution in [2.45, 2.75) is 129 Å². The van der Waals surface area contributed by atoms with Crippen LogP contribution in [0.4, 0.5) is 0 Å². The van der Waals surface area contributed by atoms with Crippen molar-refractivity contribution < 1.29 is 14.6 Å². The van der Waals surface area contributed by atoms with Gasteiger partial charge in [-0.1, -0.05) is 39.8 Å². The maximum Gasteiger partial charge on any atom is 0.133 e. The van der Waals surface area contributed by atoms with Crippen molar-refractivity contribution in [2.75, 3.05) is 6.61 Å². The molecule has 0 heterocycles. The second-order valence-corrected chi connectivity index (χ2v) is 13.6. The van der Waals surface area contributed by atoms with E-state index in [0.717, 1.165) is 75.9 Å². The monoisotopic (exact) mass is 523 g/mol. The molecular weight excluding hydrogens is 470 g/mol. The number of ketones is 1. The Morgan fingerprint density at radius 2 is 1.84 bits per heavy atom. The molecule has 4 aliphatic carbocycles. The predicted molar refractivity (Wildman–Crippen MR) is 154 cm³/mol. The van der Waals surface area contributed by atoms with Gasteiger partial charge in [0, 0.05) is 30.3 Å². The third-order valence-electron chi connectivity index (χ3n) is 12.1. The van der Waals surface area contributed by atoms with Gasteiger partial charge in [0.05, 0.1) is 12.7 Å². The Balaban J connectivity index is 1.25. The summed E-state index contributed by atoms with van der Waals surface area (Å²) in [5.74, 6) is 4.08. The summed E-state index contributed by atoms with van der Waals surface area (Å²) in [5.41, 5.74) is 1.65. The SMILES string of the molecule is CCC(CC)NC(CC)c1cccc(OCC[C@]23CCC4C(CCC5CC(=O)CC[C@@]54C)C2CC[C@@H]3O)c1. The molecular formula is C34H53NO3. The largest absolute Gasteiger partial charge is 0.494 e. The number of nitrogens with one attached hydrogen (secondary N) is 1. The van der Waals surface area contributed by atoms with Gasteiger partial charge in [-0.25, -0.2) is 0 Å². The molecule has 8 atom stereocenters. The number of rotatable bonds is 10. The van der Waals surface area contributed by atoms with Crippen molar-refractivity contribution in [3.05, 3.63) is 29.8 Å². The first-order valence-corrected chi connectivity index (χ1v) is 16.0. The molecule has 5 rings (SSSR count). The zero-order valence-corrected chi connectivity index (χ0v) is 24.5. The number of carbonyl (C=O) groups is 1. The van der Waals surface area contributed by atoms with Crippen LogP contribution in [0.5, 0.6) is 5.75 Å². The van der Waals surface area contributed by atoms with Crippen molar-refractivity contribution in [1.29, 1.82) is 0 Å². The molecule has 5 unspecified atom stereocenters. The molecule has 1 aromatic carbocycles. The van der Waals surface area contributed by atoms with E-state index >= 15 is 0 Å². The highest BCUT2D eigenvalue weighted by molar-refractivity contribution is 5.79. The van der Waals surface area contributed by atoms with Crippen LogP contribution in [0.25, 0.3) is 0 Å². The standard InChI is InChI=1S/C34H53NO3/c1-5-25(6-2)35-31(7-3)23-9-8-10-27(21-23)38-20-19-34-18-16-29-28(30(34)13-14-32(34)37)12-11-24-22-26(36)15-17-33(24,29)4/h8-10,21,24-25,28-32,35,37H,5-7,11-20,22H2,1-4H3/t24?,28?,29?,30?,31?,32-,33-,34+/m0/s1. The number of aliphatic hydroxyl groups is 1. The van der Waals surface area contributed by atoms with Crippen molar-refractivity contribution >= 4 is 5.78 Å². The lowest BCUT2D eigenvalue weighted by Gasteiger charge is -2.60. The number of ether oxygens (including phenoxy) is 1. The Hall–Kier alpha value is -1.39. The minimum Gasteiger partial charge on any atom is -0.494 e. The summed E-state index contributed by atoms with van der Waals surface area (Å²) in [6.07, 6.45) is 13.7. The molecule has 0 radical (unpaired) electrons. The van der Waals surface area contributed by atoms with Crippen molar-refractivity contribution in [3.8, 4) is 5.75 Å². The van der Waals surface area contributed by atoms with Crippen LogP contribution >= 0.6 is 0 Å². The fraction of sp³-hybridized carbons (Fsp3) is 0.794. The molecule has 4 fully saturated rings. The lowest BCUT2D eigenvalue weighted by molar-refractivity contribution is -0.145. The van der Waals surface area contributed by atoms with Crippen LogP contribution in [0, 0.1) is 34.5 Å². The maximum absolute atomic E-state index is 12.2. The second-order valence-electron chi connectivity index (χ2n) is 13.6. The van der Waals surface area contributed by atoms with Crippen LogP contribution in [-0.2, 0) is 4.79 Å². The van der Waals surface area contributed by atoms with Gasteiger partial charge >= 0.3 is 0 Å². The molecule has 4 nitrogen and oxygen atoms in total. The highest BCUT2D eigenvalue weighted by atomic mass is 16.5. The minimum absolute atomic E-state index is 0.00937. The molecule has 0 spiro atoms. The summed E-state index contributed by atoms with van der Waals surface area (Å²) in [5, 5.41) is 15.2. The molecule has 2 N–H and O–H groups in total. The third kappa shape index (κ3) is 5.09. The van der Waals surface area contributed by atoms with Crippen molar-refractivity contribution in [1.82, 2.24) is 5.32 Å². The van der Waals surface area contributed by atoms with Crippen molar-refractivity contribution in [3.63, 3.8) is 0 Å². The molecule has 0 saturated heterocycles. The quantitative estimate of drug-likeness (QED) is 0.331. The highest BCUT2D eigenvalue weighted by Crippen LogP contribution is 2.66. The Labute approximate surface area is 231 Å². The molecule has 38 heavy (non-hydrogen) atoms. The maximum atomic E-state index is 12.2. The lowest BCUT2D eigenvalue weighted by atomic mass is 9.44. The molecule has 1 aromatic rings. The summed E-state index contributed by atoms with van der Waals surface area (Å²) in [4.78, 5) is 12.2.